The third kappa shape index (κ3) is 8.48. The van der Waals surface area contributed by atoms with E-state index in [-0.39, 0.29) is 9.68 Å². The van der Waals surface area contributed by atoms with E-state index in [0.29, 0.717) is 0 Å². The summed E-state index contributed by atoms with van der Waals surface area (Å²) < 4.78 is 0. The minimum absolute atomic E-state index is 0.212. The number of rotatable bonds is 11. The van der Waals surface area contributed by atoms with Crippen LogP contribution in [0.4, 0.5) is 0 Å². The molecule has 0 aliphatic carbocycles. The van der Waals surface area contributed by atoms with Crippen LogP contribution in [0.3, 0.4) is 0 Å². The Balaban J connectivity index is 1.82. The number of nitrogens with one attached hydrogen (secondary N) is 1. The average Bonchev–Trinajstić information content (AvgIpc) is 2.42. The largest absolute Gasteiger partial charge is 0.339 e. The van der Waals surface area contributed by atoms with Crippen molar-refractivity contribution >= 4 is 14.9 Å². The fourth-order valence-corrected chi connectivity index (χ4v) is 3.44. The average molecular weight is 264 g/mol. The molecule has 0 heterocycles. The summed E-state index contributed by atoms with van der Waals surface area (Å²) in [5.41, 5.74) is 0. The van der Waals surface area contributed by atoms with Crippen LogP contribution in [-0.4, -0.2) is 16.2 Å². The Kier molecular flexibility index (Phi) is 9.86. The molecule has 0 amide bonds. The third-order valence-electron chi connectivity index (χ3n) is 3.38. The number of hydrogen-bond acceptors (Lipinski definition) is 1. The normalized spacial score (nSPS) is 11.4. The van der Waals surface area contributed by atoms with Gasteiger partial charge >= 0.3 is 0 Å². The van der Waals surface area contributed by atoms with E-state index in [4.69, 9.17) is 0 Å². The summed E-state index contributed by atoms with van der Waals surface area (Å²) in [7, 11) is -0.212. The Morgan fingerprint density at radius 2 is 1.44 bits per heavy atom. The van der Waals surface area contributed by atoms with Crippen molar-refractivity contribution in [3.05, 3.63) is 30.3 Å². The summed E-state index contributed by atoms with van der Waals surface area (Å²) in [5, 5.41) is 1.53. The Bertz CT molecular complexity index is 274. The van der Waals surface area contributed by atoms with Crippen LogP contribution in [0.15, 0.2) is 30.3 Å². The van der Waals surface area contributed by atoms with E-state index in [1.165, 1.54) is 63.1 Å². The van der Waals surface area contributed by atoms with Crippen LogP contribution in [0, 0.1) is 0 Å². The van der Waals surface area contributed by atoms with Gasteiger partial charge in [-0.05, 0) is 13.0 Å². The lowest BCUT2D eigenvalue weighted by atomic mass is 10.1. The maximum Gasteiger partial charge on any atom is 0.124 e. The van der Waals surface area contributed by atoms with Gasteiger partial charge in [0.05, 0.1) is 0 Å². The predicted octanol–water partition coefficient (Wildman–Crippen LogP) is 3.13. The first kappa shape index (κ1) is 15.5. The maximum atomic E-state index is 3.65. The van der Waals surface area contributed by atoms with Gasteiger partial charge in [0.15, 0.2) is 0 Å². The predicted molar refractivity (Wildman–Crippen MR) is 85.2 cm³/mol. The molecule has 0 saturated heterocycles. The Labute approximate surface area is 115 Å². The first-order chi connectivity index (χ1) is 8.93. The van der Waals surface area contributed by atoms with Crippen molar-refractivity contribution in [1.29, 1.82) is 0 Å². The molecule has 1 N–H and O–H groups in total. The first-order valence-electron chi connectivity index (χ1n) is 7.68. The monoisotopic (exact) mass is 263 g/mol. The van der Waals surface area contributed by atoms with Gasteiger partial charge in [-0.2, -0.15) is 0 Å². The summed E-state index contributed by atoms with van der Waals surface area (Å²) >= 11 is 0. The smallest absolute Gasteiger partial charge is 0.124 e. The zero-order valence-corrected chi connectivity index (χ0v) is 13.4. The minimum atomic E-state index is -0.212. The molecule has 0 aliphatic heterocycles. The van der Waals surface area contributed by atoms with Crippen LogP contribution >= 0.6 is 0 Å². The van der Waals surface area contributed by atoms with Crippen LogP contribution in [0.2, 0.25) is 0 Å². The third-order valence-corrected chi connectivity index (χ3v) is 4.86. The van der Waals surface area contributed by atoms with E-state index in [0.717, 1.165) is 0 Å². The summed E-state index contributed by atoms with van der Waals surface area (Å²) in [6.45, 7) is 3.50. The molecule has 0 aliphatic rings. The van der Waals surface area contributed by atoms with Gasteiger partial charge in [0, 0.05) is 0 Å². The molecule has 1 aromatic rings. The van der Waals surface area contributed by atoms with Gasteiger partial charge in [0.1, 0.15) is 9.68 Å². The highest BCUT2D eigenvalue weighted by Crippen LogP contribution is 2.07. The topological polar surface area (TPSA) is 12.0 Å². The molecule has 0 saturated carbocycles. The quantitative estimate of drug-likeness (QED) is 0.478. The van der Waals surface area contributed by atoms with Crippen molar-refractivity contribution in [1.82, 2.24) is 4.98 Å². The van der Waals surface area contributed by atoms with Crippen molar-refractivity contribution < 1.29 is 0 Å². The first-order valence-corrected chi connectivity index (χ1v) is 9.09. The van der Waals surface area contributed by atoms with Gasteiger partial charge in [-0.25, -0.2) is 0 Å². The highest BCUT2D eigenvalue weighted by molar-refractivity contribution is 6.50. The standard InChI is InChI=1S/C16H29NSi/c1-2-3-4-5-6-7-8-12-15-17-18-16-13-10-9-11-14-16/h9-11,13-14,17H,2-8,12,15,18H2,1H3. The molecule has 0 fully saturated rings. The number of benzene rings is 1. The van der Waals surface area contributed by atoms with Gasteiger partial charge in [-0.1, -0.05) is 87.4 Å². The Morgan fingerprint density at radius 3 is 2.11 bits per heavy atom. The summed E-state index contributed by atoms with van der Waals surface area (Å²) in [5.74, 6) is 0. The second kappa shape index (κ2) is 11.5. The molecule has 0 unspecified atom stereocenters. The second-order valence-corrected chi connectivity index (χ2v) is 6.81. The number of unbranched alkanes of at least 4 members (excludes halogenated alkanes) is 7. The van der Waals surface area contributed by atoms with Crippen LogP contribution in [0.5, 0.6) is 0 Å². The van der Waals surface area contributed by atoms with E-state index in [2.05, 4.69) is 42.2 Å². The molecule has 1 nitrogen and oxygen atoms in total. The molecule has 0 bridgehead atoms. The fourth-order valence-electron chi connectivity index (χ4n) is 2.21. The SMILES string of the molecule is CCCCCCCCCCN[SiH2]c1ccccc1. The van der Waals surface area contributed by atoms with E-state index >= 15 is 0 Å². The highest BCUT2D eigenvalue weighted by Gasteiger charge is 1.93. The summed E-state index contributed by atoms with van der Waals surface area (Å²) in [6.07, 6.45) is 11.3. The lowest BCUT2D eigenvalue weighted by Gasteiger charge is -2.04. The molecule has 2 heteroatoms. The zero-order valence-electron chi connectivity index (χ0n) is 12.0. The van der Waals surface area contributed by atoms with Crippen LogP contribution in [0.25, 0.3) is 0 Å². The highest BCUT2D eigenvalue weighted by atomic mass is 28.2. The van der Waals surface area contributed by atoms with Crippen molar-refractivity contribution in [2.45, 2.75) is 58.3 Å². The molecule has 18 heavy (non-hydrogen) atoms. The maximum absolute atomic E-state index is 3.65. The second-order valence-electron chi connectivity index (χ2n) is 5.14. The van der Waals surface area contributed by atoms with E-state index < -0.39 is 0 Å². The van der Waals surface area contributed by atoms with E-state index in [9.17, 15) is 0 Å². The molecule has 0 radical (unpaired) electrons. The lowest BCUT2D eigenvalue weighted by molar-refractivity contribution is 0.574. The zero-order chi connectivity index (χ0) is 12.9. The molecule has 102 valence electrons. The summed E-state index contributed by atoms with van der Waals surface area (Å²) in [4.78, 5) is 3.65. The molecule has 0 atom stereocenters. The van der Waals surface area contributed by atoms with E-state index in [1.807, 2.05) is 0 Å². The van der Waals surface area contributed by atoms with E-state index in [1.54, 1.807) is 0 Å². The van der Waals surface area contributed by atoms with Crippen molar-refractivity contribution in [2.75, 3.05) is 6.54 Å². The van der Waals surface area contributed by atoms with Crippen molar-refractivity contribution in [2.24, 2.45) is 0 Å². The van der Waals surface area contributed by atoms with Gasteiger partial charge in [-0.3, -0.25) is 0 Å². The molecule has 1 aromatic carbocycles. The van der Waals surface area contributed by atoms with Gasteiger partial charge < -0.3 is 4.98 Å². The van der Waals surface area contributed by atoms with Gasteiger partial charge in [0.25, 0.3) is 0 Å². The molecule has 0 spiro atoms. The Hall–Kier alpha value is -0.603. The molecular formula is C16H29NSi. The van der Waals surface area contributed by atoms with Crippen molar-refractivity contribution in [3.8, 4) is 0 Å². The fraction of sp³-hybridized carbons (Fsp3) is 0.625. The van der Waals surface area contributed by atoms with Crippen LogP contribution in [-0.2, 0) is 0 Å². The molecule has 1 rings (SSSR count). The summed E-state index contributed by atoms with van der Waals surface area (Å²) in [6, 6.07) is 10.9. The Morgan fingerprint density at radius 1 is 0.833 bits per heavy atom. The minimum Gasteiger partial charge on any atom is -0.339 e. The number of hydrogen-bond donors (Lipinski definition) is 1. The van der Waals surface area contributed by atoms with Crippen LogP contribution < -0.4 is 10.2 Å². The lowest BCUT2D eigenvalue weighted by Crippen LogP contribution is -2.30. The van der Waals surface area contributed by atoms with Gasteiger partial charge in [-0.15, -0.1) is 0 Å². The van der Waals surface area contributed by atoms with Gasteiger partial charge in [0.2, 0.25) is 0 Å². The molecule has 0 aromatic heterocycles. The molecular weight excluding hydrogens is 234 g/mol. The van der Waals surface area contributed by atoms with Crippen LogP contribution in [0.1, 0.15) is 58.3 Å². The van der Waals surface area contributed by atoms with Crippen molar-refractivity contribution in [3.63, 3.8) is 0 Å².